The lowest BCUT2D eigenvalue weighted by Gasteiger charge is -2.37. The van der Waals surface area contributed by atoms with Gasteiger partial charge in [0.25, 0.3) is 5.91 Å². The van der Waals surface area contributed by atoms with Crippen molar-refractivity contribution in [3.63, 3.8) is 0 Å². The van der Waals surface area contributed by atoms with Gasteiger partial charge < -0.3 is 9.84 Å². The van der Waals surface area contributed by atoms with Gasteiger partial charge >= 0.3 is 11.9 Å². The SMILES string of the molecule is CC(C)(C)OC(=O)C1CCC(C)(c2ccc(C(=O)Nc3nnc(C(=O)O)s3)cc2)CC1. The lowest BCUT2D eigenvalue weighted by atomic mass is 9.68. The first-order valence-electron chi connectivity index (χ1n) is 10.2. The van der Waals surface area contributed by atoms with Gasteiger partial charge in [0, 0.05) is 5.56 Å². The van der Waals surface area contributed by atoms with Crippen molar-refractivity contribution in [2.75, 3.05) is 5.32 Å². The zero-order valence-corrected chi connectivity index (χ0v) is 18.9. The molecule has 1 aromatic heterocycles. The number of esters is 1. The topological polar surface area (TPSA) is 118 Å². The van der Waals surface area contributed by atoms with E-state index in [2.05, 4.69) is 22.4 Å². The first-order chi connectivity index (χ1) is 14.5. The van der Waals surface area contributed by atoms with Crippen molar-refractivity contribution in [3.8, 4) is 0 Å². The molecule has 0 unspecified atom stereocenters. The number of aromatic carboxylic acids is 1. The minimum absolute atomic E-state index is 0.0663. The highest BCUT2D eigenvalue weighted by Crippen LogP contribution is 2.42. The number of ether oxygens (including phenoxy) is 1. The van der Waals surface area contributed by atoms with Gasteiger partial charge in [0.1, 0.15) is 5.60 Å². The van der Waals surface area contributed by atoms with Gasteiger partial charge in [0.2, 0.25) is 10.1 Å². The number of hydrogen-bond acceptors (Lipinski definition) is 7. The number of benzene rings is 1. The maximum atomic E-state index is 12.4. The van der Waals surface area contributed by atoms with Gasteiger partial charge in [-0.1, -0.05) is 30.4 Å². The van der Waals surface area contributed by atoms with Crippen LogP contribution in [0.25, 0.3) is 0 Å². The number of nitrogens with zero attached hydrogens (tertiary/aromatic N) is 2. The second-order valence-corrected chi connectivity index (χ2v) is 10.1. The third-order valence-electron chi connectivity index (χ3n) is 5.50. The minimum atomic E-state index is -1.18. The molecule has 2 N–H and O–H groups in total. The van der Waals surface area contributed by atoms with Crippen molar-refractivity contribution in [3.05, 3.63) is 40.4 Å². The van der Waals surface area contributed by atoms with Crippen LogP contribution in [0.1, 0.15) is 79.1 Å². The van der Waals surface area contributed by atoms with Crippen molar-refractivity contribution in [1.29, 1.82) is 0 Å². The van der Waals surface area contributed by atoms with Crippen molar-refractivity contribution in [1.82, 2.24) is 10.2 Å². The molecule has 9 heteroatoms. The molecule has 1 aromatic carbocycles. The third kappa shape index (κ3) is 5.66. The molecule has 1 aliphatic carbocycles. The zero-order valence-electron chi connectivity index (χ0n) is 18.1. The van der Waals surface area contributed by atoms with Gasteiger partial charge in [0.05, 0.1) is 5.92 Å². The predicted octanol–water partition coefficient (Wildman–Crippen LogP) is 4.28. The first kappa shape index (κ1) is 22.9. The Balaban J connectivity index is 1.61. The number of aromatic nitrogens is 2. The Bertz CT molecular complexity index is 970. The molecule has 0 atom stereocenters. The maximum Gasteiger partial charge on any atom is 0.367 e. The normalized spacial score (nSPS) is 21.4. The summed E-state index contributed by atoms with van der Waals surface area (Å²) in [6, 6.07) is 7.36. The van der Waals surface area contributed by atoms with Gasteiger partial charge in [-0.25, -0.2) is 4.79 Å². The molecular weight excluding hydrogens is 418 g/mol. The van der Waals surface area contributed by atoms with Crippen LogP contribution in [-0.4, -0.2) is 38.8 Å². The quantitative estimate of drug-likeness (QED) is 0.659. The summed E-state index contributed by atoms with van der Waals surface area (Å²) < 4.78 is 5.53. The molecule has 1 amide bonds. The second-order valence-electron chi connectivity index (χ2n) is 9.12. The predicted molar refractivity (Wildman–Crippen MR) is 116 cm³/mol. The van der Waals surface area contributed by atoms with Gasteiger partial charge in [-0.2, -0.15) is 0 Å². The number of anilines is 1. The third-order valence-corrected chi connectivity index (χ3v) is 6.33. The molecular formula is C22H27N3O5S. The van der Waals surface area contributed by atoms with Gasteiger partial charge in [-0.3, -0.25) is 14.9 Å². The van der Waals surface area contributed by atoms with Crippen molar-refractivity contribution < 1.29 is 24.2 Å². The average Bonchev–Trinajstić information content (AvgIpc) is 3.16. The minimum Gasteiger partial charge on any atom is -0.476 e. The molecule has 0 bridgehead atoms. The van der Waals surface area contributed by atoms with E-state index in [0.29, 0.717) is 5.56 Å². The van der Waals surface area contributed by atoms with Crippen LogP contribution in [0.15, 0.2) is 24.3 Å². The summed E-state index contributed by atoms with van der Waals surface area (Å²) in [6.45, 7) is 7.82. The number of carboxylic acid groups (broad SMARTS) is 1. The van der Waals surface area contributed by atoms with Crippen LogP contribution in [0.2, 0.25) is 0 Å². The van der Waals surface area contributed by atoms with E-state index in [4.69, 9.17) is 9.84 Å². The smallest absolute Gasteiger partial charge is 0.367 e. The highest BCUT2D eigenvalue weighted by Gasteiger charge is 2.36. The van der Waals surface area contributed by atoms with Gasteiger partial charge in [-0.15, -0.1) is 10.2 Å². The van der Waals surface area contributed by atoms with Crippen molar-refractivity contribution in [2.45, 2.75) is 64.4 Å². The van der Waals surface area contributed by atoms with Crippen LogP contribution in [0.4, 0.5) is 5.13 Å². The number of carboxylic acids is 1. The standard InChI is InChI=1S/C22H27N3O5S/c1-21(2,3)30-19(29)14-9-11-22(4,12-10-14)15-7-5-13(6-8-15)16(26)23-20-25-24-17(31-20)18(27)28/h5-8,14H,9-12H2,1-4H3,(H,27,28)(H,23,25,26). The van der Waals surface area contributed by atoms with E-state index in [1.807, 2.05) is 32.9 Å². The van der Waals surface area contributed by atoms with E-state index in [-0.39, 0.29) is 33.3 Å². The summed E-state index contributed by atoms with van der Waals surface area (Å²) in [7, 11) is 0. The largest absolute Gasteiger partial charge is 0.476 e. The molecule has 8 nitrogen and oxygen atoms in total. The maximum absolute atomic E-state index is 12.4. The van der Waals surface area contributed by atoms with Gasteiger partial charge in [0.15, 0.2) is 0 Å². The number of rotatable bonds is 5. The Morgan fingerprint density at radius 2 is 1.74 bits per heavy atom. The number of carbonyl (C=O) groups is 3. The van der Waals surface area contributed by atoms with Crippen LogP contribution in [0.5, 0.6) is 0 Å². The van der Waals surface area contributed by atoms with E-state index < -0.39 is 11.6 Å². The van der Waals surface area contributed by atoms with E-state index >= 15 is 0 Å². The van der Waals surface area contributed by atoms with Crippen molar-refractivity contribution in [2.24, 2.45) is 5.92 Å². The van der Waals surface area contributed by atoms with E-state index in [1.54, 1.807) is 12.1 Å². The molecule has 1 aliphatic rings. The second kappa shape index (κ2) is 8.74. The number of hydrogen-bond donors (Lipinski definition) is 2. The molecule has 0 aliphatic heterocycles. The Labute approximate surface area is 185 Å². The molecule has 166 valence electrons. The molecule has 1 heterocycles. The Morgan fingerprint density at radius 3 is 2.26 bits per heavy atom. The average molecular weight is 446 g/mol. The Hall–Kier alpha value is -2.81. The van der Waals surface area contributed by atoms with Gasteiger partial charge in [-0.05, 0) is 69.6 Å². The molecule has 3 rings (SSSR count). The number of nitrogens with one attached hydrogen (secondary N) is 1. The van der Waals surface area contributed by atoms with E-state index in [9.17, 15) is 14.4 Å². The molecule has 1 saturated carbocycles. The summed E-state index contributed by atoms with van der Waals surface area (Å²) in [5.41, 5.74) is 1.03. The Kier molecular flexibility index (Phi) is 6.45. The summed E-state index contributed by atoms with van der Waals surface area (Å²) in [5, 5.41) is 18.6. The fraction of sp³-hybridized carbons (Fsp3) is 0.500. The molecule has 0 saturated heterocycles. The number of amides is 1. The van der Waals surface area contributed by atoms with Crippen LogP contribution in [-0.2, 0) is 14.9 Å². The summed E-state index contributed by atoms with van der Waals surface area (Å²) in [6.07, 6.45) is 3.28. The first-order valence-corrected chi connectivity index (χ1v) is 11.0. The lowest BCUT2D eigenvalue weighted by Crippen LogP contribution is -2.35. The lowest BCUT2D eigenvalue weighted by molar-refractivity contribution is -0.161. The van der Waals surface area contributed by atoms with Crippen LogP contribution in [0.3, 0.4) is 0 Å². The molecule has 2 aromatic rings. The summed E-state index contributed by atoms with van der Waals surface area (Å²) in [4.78, 5) is 35.7. The highest BCUT2D eigenvalue weighted by atomic mass is 32.1. The van der Waals surface area contributed by atoms with Crippen LogP contribution in [0, 0.1) is 5.92 Å². The summed E-state index contributed by atoms with van der Waals surface area (Å²) in [5.74, 6) is -1.75. The van der Waals surface area contributed by atoms with E-state index in [1.165, 1.54) is 0 Å². The zero-order chi connectivity index (χ0) is 22.8. The molecule has 31 heavy (non-hydrogen) atoms. The van der Waals surface area contributed by atoms with Crippen LogP contribution < -0.4 is 5.32 Å². The summed E-state index contributed by atoms with van der Waals surface area (Å²) >= 11 is 0.803. The number of carbonyl (C=O) groups excluding carboxylic acids is 2. The fourth-order valence-corrected chi connectivity index (χ4v) is 4.30. The highest BCUT2D eigenvalue weighted by molar-refractivity contribution is 7.17. The molecule has 0 spiro atoms. The molecule has 0 radical (unpaired) electrons. The monoisotopic (exact) mass is 445 g/mol. The van der Waals surface area contributed by atoms with Crippen LogP contribution >= 0.6 is 11.3 Å². The Morgan fingerprint density at radius 1 is 1.13 bits per heavy atom. The fourth-order valence-electron chi connectivity index (χ4n) is 3.72. The van der Waals surface area contributed by atoms with Crippen molar-refractivity contribution >= 4 is 34.3 Å². The molecule has 1 fully saturated rings. The van der Waals surface area contributed by atoms with E-state index in [0.717, 1.165) is 42.6 Å².